The van der Waals surface area contributed by atoms with E-state index in [-0.39, 0.29) is 5.41 Å². The fourth-order valence-electron chi connectivity index (χ4n) is 5.59. The largest absolute Gasteiger partial charge is 0.396 e. The van der Waals surface area contributed by atoms with Crippen molar-refractivity contribution in [3.05, 3.63) is 11.1 Å². The smallest absolute Gasteiger partial charge is 0.0611 e. The van der Waals surface area contributed by atoms with Crippen molar-refractivity contribution >= 4 is 0 Å². The number of fused-ring (bicyclic) bond motifs is 2. The van der Waals surface area contributed by atoms with E-state index in [2.05, 4.69) is 13.8 Å². The van der Waals surface area contributed by atoms with Crippen molar-refractivity contribution in [3.8, 4) is 0 Å². The van der Waals surface area contributed by atoms with Gasteiger partial charge in [0, 0.05) is 13.7 Å². The molecule has 0 aliphatic heterocycles. The fourth-order valence-corrected chi connectivity index (χ4v) is 5.59. The Morgan fingerprint density at radius 2 is 1.95 bits per heavy atom. The van der Waals surface area contributed by atoms with Gasteiger partial charge in [-0.05, 0) is 61.7 Å². The molecule has 1 saturated carbocycles. The lowest BCUT2D eigenvalue weighted by Crippen LogP contribution is -2.49. The second-order valence-electron chi connectivity index (χ2n) is 7.86. The molecule has 1 fully saturated rings. The number of rotatable bonds is 2. The molecule has 0 amide bonds. The normalized spacial score (nSPS) is 45.0. The Bertz CT molecular complexity index is 414. The molecule has 0 aromatic carbocycles. The molecular formula is C18H30O2. The van der Waals surface area contributed by atoms with Crippen LogP contribution in [-0.2, 0) is 4.74 Å². The van der Waals surface area contributed by atoms with Crippen LogP contribution in [0, 0.1) is 16.7 Å². The molecule has 3 aliphatic rings. The topological polar surface area (TPSA) is 29.5 Å². The molecule has 0 heterocycles. The van der Waals surface area contributed by atoms with Crippen LogP contribution in [-0.4, -0.2) is 24.9 Å². The van der Waals surface area contributed by atoms with Crippen LogP contribution in [0.15, 0.2) is 11.1 Å². The minimum Gasteiger partial charge on any atom is -0.396 e. The van der Waals surface area contributed by atoms with E-state index in [9.17, 15) is 5.11 Å². The van der Waals surface area contributed by atoms with Crippen molar-refractivity contribution in [2.24, 2.45) is 16.7 Å². The van der Waals surface area contributed by atoms with E-state index < -0.39 is 0 Å². The van der Waals surface area contributed by atoms with Crippen LogP contribution in [0.5, 0.6) is 0 Å². The van der Waals surface area contributed by atoms with Crippen LogP contribution in [0.25, 0.3) is 0 Å². The standard InChI is InChI=1S/C18H30O2/c1-17(12-19)9-4-10-18(2)15-11-14(20-3)7-5-13(15)6-8-16(17)18/h14,16,19H,4-12H2,1-3H3/t14?,16?,17-,18?/m0/s1. The third kappa shape index (κ3) is 2.07. The molecule has 0 spiro atoms. The Labute approximate surface area is 123 Å². The number of ether oxygens (including phenoxy) is 1. The van der Waals surface area contributed by atoms with Crippen molar-refractivity contribution < 1.29 is 9.84 Å². The highest BCUT2D eigenvalue weighted by atomic mass is 16.5. The summed E-state index contributed by atoms with van der Waals surface area (Å²) in [6.45, 7) is 5.15. The Hall–Kier alpha value is -0.340. The summed E-state index contributed by atoms with van der Waals surface area (Å²) in [7, 11) is 1.86. The van der Waals surface area contributed by atoms with E-state index in [1.165, 1.54) is 44.9 Å². The molecule has 2 nitrogen and oxygen atoms in total. The summed E-state index contributed by atoms with van der Waals surface area (Å²) in [5.41, 5.74) is 3.90. The van der Waals surface area contributed by atoms with Gasteiger partial charge in [0.1, 0.15) is 0 Å². The Morgan fingerprint density at radius 1 is 1.20 bits per heavy atom. The van der Waals surface area contributed by atoms with Gasteiger partial charge in [0.25, 0.3) is 0 Å². The summed E-state index contributed by atoms with van der Waals surface area (Å²) in [4.78, 5) is 0. The minimum atomic E-state index is 0.131. The fraction of sp³-hybridized carbons (Fsp3) is 0.889. The number of aliphatic hydroxyl groups is 1. The lowest BCUT2D eigenvalue weighted by atomic mass is 9.48. The lowest BCUT2D eigenvalue weighted by Gasteiger charge is -2.57. The predicted molar refractivity (Wildman–Crippen MR) is 81.5 cm³/mol. The van der Waals surface area contributed by atoms with Crippen molar-refractivity contribution in [3.63, 3.8) is 0 Å². The number of aliphatic hydroxyl groups excluding tert-OH is 1. The van der Waals surface area contributed by atoms with Gasteiger partial charge >= 0.3 is 0 Å². The summed E-state index contributed by atoms with van der Waals surface area (Å²) in [6.07, 6.45) is 10.3. The third-order valence-corrected chi connectivity index (χ3v) is 6.80. The Balaban J connectivity index is 1.96. The number of hydrogen-bond acceptors (Lipinski definition) is 2. The maximum absolute atomic E-state index is 9.96. The molecule has 0 saturated heterocycles. The summed E-state index contributed by atoms with van der Waals surface area (Å²) >= 11 is 0. The van der Waals surface area contributed by atoms with Gasteiger partial charge in [0.05, 0.1) is 6.10 Å². The van der Waals surface area contributed by atoms with E-state index in [0.29, 0.717) is 24.0 Å². The van der Waals surface area contributed by atoms with Gasteiger partial charge in [-0.15, -0.1) is 0 Å². The quantitative estimate of drug-likeness (QED) is 0.771. The number of hydrogen-bond donors (Lipinski definition) is 1. The molecule has 114 valence electrons. The molecule has 4 atom stereocenters. The average Bonchev–Trinajstić information content (AvgIpc) is 2.46. The van der Waals surface area contributed by atoms with Crippen LogP contribution in [0.3, 0.4) is 0 Å². The molecule has 0 aromatic rings. The first kappa shape index (κ1) is 14.6. The van der Waals surface area contributed by atoms with Gasteiger partial charge in [0.2, 0.25) is 0 Å². The van der Waals surface area contributed by atoms with Crippen molar-refractivity contribution in [2.45, 2.75) is 71.3 Å². The van der Waals surface area contributed by atoms with Crippen molar-refractivity contribution in [1.82, 2.24) is 0 Å². The minimum absolute atomic E-state index is 0.131. The van der Waals surface area contributed by atoms with Crippen LogP contribution < -0.4 is 0 Å². The maximum atomic E-state index is 9.96. The zero-order valence-electron chi connectivity index (χ0n) is 13.4. The molecule has 1 N–H and O–H groups in total. The summed E-state index contributed by atoms with van der Waals surface area (Å²) < 4.78 is 5.66. The van der Waals surface area contributed by atoms with Crippen molar-refractivity contribution in [1.29, 1.82) is 0 Å². The van der Waals surface area contributed by atoms with E-state index in [1.54, 1.807) is 11.1 Å². The average molecular weight is 278 g/mol. The molecule has 2 heteroatoms. The monoisotopic (exact) mass is 278 g/mol. The van der Waals surface area contributed by atoms with Crippen molar-refractivity contribution in [2.75, 3.05) is 13.7 Å². The molecule has 3 unspecified atom stereocenters. The van der Waals surface area contributed by atoms with Gasteiger partial charge in [0.15, 0.2) is 0 Å². The molecular weight excluding hydrogens is 248 g/mol. The molecule has 0 aromatic heterocycles. The second kappa shape index (κ2) is 5.14. The summed E-state index contributed by atoms with van der Waals surface area (Å²) in [5.74, 6) is 0.656. The molecule has 0 bridgehead atoms. The zero-order chi connectivity index (χ0) is 14.4. The van der Waals surface area contributed by atoms with E-state index in [1.807, 2.05) is 7.11 Å². The highest BCUT2D eigenvalue weighted by Crippen LogP contribution is 2.61. The molecule has 3 aliphatic carbocycles. The first-order valence-electron chi connectivity index (χ1n) is 8.38. The van der Waals surface area contributed by atoms with Gasteiger partial charge < -0.3 is 9.84 Å². The van der Waals surface area contributed by atoms with Gasteiger partial charge in [-0.1, -0.05) is 31.4 Å². The second-order valence-corrected chi connectivity index (χ2v) is 7.86. The van der Waals surface area contributed by atoms with Crippen LogP contribution in [0.4, 0.5) is 0 Å². The maximum Gasteiger partial charge on any atom is 0.0611 e. The first-order valence-corrected chi connectivity index (χ1v) is 8.38. The molecule has 0 radical (unpaired) electrons. The van der Waals surface area contributed by atoms with E-state index in [0.717, 1.165) is 6.42 Å². The molecule has 3 rings (SSSR count). The zero-order valence-corrected chi connectivity index (χ0v) is 13.4. The first-order chi connectivity index (χ1) is 9.53. The third-order valence-electron chi connectivity index (χ3n) is 6.80. The summed E-state index contributed by atoms with van der Waals surface area (Å²) in [5, 5.41) is 9.96. The number of allylic oxidation sites excluding steroid dienone is 1. The highest BCUT2D eigenvalue weighted by molar-refractivity contribution is 5.31. The predicted octanol–water partition coefficient (Wildman–Crippen LogP) is 4.08. The summed E-state index contributed by atoms with van der Waals surface area (Å²) in [6, 6.07) is 0. The van der Waals surface area contributed by atoms with Gasteiger partial charge in [-0.3, -0.25) is 0 Å². The molecule has 20 heavy (non-hydrogen) atoms. The van der Waals surface area contributed by atoms with Gasteiger partial charge in [-0.25, -0.2) is 0 Å². The van der Waals surface area contributed by atoms with Crippen LogP contribution in [0.1, 0.15) is 65.2 Å². The van der Waals surface area contributed by atoms with Crippen LogP contribution >= 0.6 is 0 Å². The number of methoxy groups -OCH3 is 1. The lowest BCUT2D eigenvalue weighted by molar-refractivity contribution is -0.0451. The Morgan fingerprint density at radius 3 is 2.65 bits per heavy atom. The van der Waals surface area contributed by atoms with Crippen LogP contribution in [0.2, 0.25) is 0 Å². The van der Waals surface area contributed by atoms with E-state index >= 15 is 0 Å². The Kier molecular flexibility index (Phi) is 3.75. The van der Waals surface area contributed by atoms with Gasteiger partial charge in [-0.2, -0.15) is 0 Å². The van der Waals surface area contributed by atoms with E-state index in [4.69, 9.17) is 4.74 Å². The highest BCUT2D eigenvalue weighted by Gasteiger charge is 2.52. The SMILES string of the molecule is COC1CCC2=C(C1)C1(C)CCC[C@@](C)(CO)C1CC2.